The van der Waals surface area contributed by atoms with Gasteiger partial charge in [0.2, 0.25) is 17.7 Å². The number of aldehydes is 1. The molecule has 4 unspecified atom stereocenters. The van der Waals surface area contributed by atoms with Gasteiger partial charge in [-0.3, -0.25) is 14.4 Å². The van der Waals surface area contributed by atoms with Crippen LogP contribution in [0.4, 0.5) is 4.79 Å². The molecule has 0 spiro atoms. The lowest BCUT2D eigenvalue weighted by molar-refractivity contribution is -0.135. The summed E-state index contributed by atoms with van der Waals surface area (Å²) in [4.78, 5) is 60.5. The molecule has 1 heterocycles. The van der Waals surface area contributed by atoms with Crippen molar-refractivity contribution in [2.45, 2.75) is 90.6 Å². The average molecular weight is 471 g/mol. The fourth-order valence-corrected chi connectivity index (χ4v) is 3.73. The van der Waals surface area contributed by atoms with Crippen LogP contribution in [0.5, 0.6) is 0 Å². The maximum Gasteiger partial charge on any atom is 0.405 e. The third-order valence-corrected chi connectivity index (χ3v) is 5.10. The van der Waals surface area contributed by atoms with E-state index in [4.69, 9.17) is 4.74 Å². The zero-order chi connectivity index (χ0) is 25.3. The molecule has 33 heavy (non-hydrogen) atoms. The molecular weight excluding hydrogens is 432 g/mol. The second-order valence-corrected chi connectivity index (χ2v) is 9.82. The Hall–Kier alpha value is -2.69. The van der Waals surface area contributed by atoms with Crippen LogP contribution in [0.1, 0.15) is 60.8 Å². The summed E-state index contributed by atoms with van der Waals surface area (Å²) in [6.07, 6.45) is -0.622. The predicted molar refractivity (Wildman–Crippen MR) is 120 cm³/mol. The Kier molecular flexibility index (Phi) is 10.8. The number of carbonyl (C=O) groups is 5. The van der Waals surface area contributed by atoms with E-state index < -0.39 is 47.7 Å². The van der Waals surface area contributed by atoms with Gasteiger partial charge in [-0.2, -0.15) is 0 Å². The number of ether oxygens (including phenoxy) is 1. The molecule has 0 aliphatic carbocycles. The van der Waals surface area contributed by atoms with Gasteiger partial charge in [0.1, 0.15) is 18.4 Å². The molecular formula is C22H38N4O7. The van der Waals surface area contributed by atoms with Crippen molar-refractivity contribution in [2.75, 3.05) is 6.54 Å². The van der Waals surface area contributed by atoms with Crippen LogP contribution < -0.4 is 21.3 Å². The van der Waals surface area contributed by atoms with E-state index in [1.54, 1.807) is 27.7 Å². The van der Waals surface area contributed by atoms with Crippen molar-refractivity contribution in [3.8, 4) is 0 Å². The number of carbonyl (C=O) groups excluding carboxylic acids is 4. The second-order valence-electron chi connectivity index (χ2n) is 9.82. The van der Waals surface area contributed by atoms with Crippen molar-refractivity contribution in [1.29, 1.82) is 0 Å². The molecule has 1 fully saturated rings. The predicted octanol–water partition coefficient (Wildman–Crippen LogP) is 0.567. The summed E-state index contributed by atoms with van der Waals surface area (Å²) in [5, 5.41) is 19.2. The fourth-order valence-electron chi connectivity index (χ4n) is 3.73. The molecule has 4 amide bonds. The van der Waals surface area contributed by atoms with E-state index in [1.165, 1.54) is 0 Å². The Balaban J connectivity index is 2.93. The molecule has 1 aliphatic heterocycles. The smallest absolute Gasteiger partial charge is 0.405 e. The van der Waals surface area contributed by atoms with Crippen molar-refractivity contribution in [1.82, 2.24) is 21.3 Å². The average Bonchev–Trinajstić information content (AvgIpc) is 3.07. The lowest BCUT2D eigenvalue weighted by atomic mass is 9.97. The Labute approximate surface area is 194 Å². The van der Waals surface area contributed by atoms with E-state index in [9.17, 15) is 29.1 Å². The first-order valence-electron chi connectivity index (χ1n) is 11.2. The number of carboxylic acid groups (broad SMARTS) is 1. The first kappa shape index (κ1) is 28.3. The minimum absolute atomic E-state index is 0.0190. The summed E-state index contributed by atoms with van der Waals surface area (Å²) in [5.74, 6) is -1.79. The minimum atomic E-state index is -1.40. The van der Waals surface area contributed by atoms with Crippen molar-refractivity contribution >= 4 is 30.1 Å². The molecule has 5 N–H and O–H groups in total. The molecule has 1 aliphatic rings. The van der Waals surface area contributed by atoms with Gasteiger partial charge in [0, 0.05) is 12.5 Å². The Morgan fingerprint density at radius 2 is 1.79 bits per heavy atom. The highest BCUT2D eigenvalue weighted by Gasteiger charge is 2.34. The number of amides is 4. The van der Waals surface area contributed by atoms with Crippen molar-refractivity contribution in [2.24, 2.45) is 11.8 Å². The van der Waals surface area contributed by atoms with Gasteiger partial charge in [0.25, 0.3) is 0 Å². The van der Waals surface area contributed by atoms with Crippen LogP contribution in [0.25, 0.3) is 0 Å². The van der Waals surface area contributed by atoms with E-state index in [-0.39, 0.29) is 30.6 Å². The monoisotopic (exact) mass is 470 g/mol. The van der Waals surface area contributed by atoms with E-state index in [2.05, 4.69) is 21.3 Å². The normalized spacial score (nSPS) is 19.7. The summed E-state index contributed by atoms with van der Waals surface area (Å²) in [6.45, 7) is 11.2. The van der Waals surface area contributed by atoms with Gasteiger partial charge in [0.15, 0.2) is 0 Å². The highest BCUT2D eigenvalue weighted by molar-refractivity contribution is 5.92. The molecule has 0 bridgehead atoms. The van der Waals surface area contributed by atoms with Gasteiger partial charge >= 0.3 is 6.09 Å². The van der Waals surface area contributed by atoms with E-state index in [1.807, 2.05) is 13.8 Å². The number of hydrogen-bond acceptors (Lipinski definition) is 6. The summed E-state index contributed by atoms with van der Waals surface area (Å²) < 4.78 is 5.74. The van der Waals surface area contributed by atoms with Crippen molar-refractivity contribution < 1.29 is 33.8 Å². The molecule has 0 aromatic carbocycles. The molecule has 0 aromatic heterocycles. The third-order valence-electron chi connectivity index (χ3n) is 5.10. The molecule has 0 aromatic rings. The van der Waals surface area contributed by atoms with E-state index in [0.29, 0.717) is 19.3 Å². The van der Waals surface area contributed by atoms with Gasteiger partial charge in [-0.1, -0.05) is 13.8 Å². The third kappa shape index (κ3) is 10.2. The van der Waals surface area contributed by atoms with Crippen LogP contribution in [-0.2, 0) is 23.9 Å². The molecule has 11 nitrogen and oxygen atoms in total. The number of hydrogen-bond donors (Lipinski definition) is 5. The topological polar surface area (TPSA) is 163 Å². The van der Waals surface area contributed by atoms with Gasteiger partial charge in [-0.05, 0) is 52.9 Å². The van der Waals surface area contributed by atoms with Crippen LogP contribution in [0.2, 0.25) is 0 Å². The summed E-state index contributed by atoms with van der Waals surface area (Å²) in [7, 11) is 0. The SMILES string of the molecule is CC(C)CC(NC(=O)C(NC(=O)O)C(C)OC(C)(C)C)C(=O)NC(C=O)C[C@@H]1CCNC1=O. The number of rotatable bonds is 12. The van der Waals surface area contributed by atoms with Crippen molar-refractivity contribution in [3.05, 3.63) is 0 Å². The minimum Gasteiger partial charge on any atom is -0.465 e. The maximum absolute atomic E-state index is 13.0. The molecule has 0 saturated carbocycles. The van der Waals surface area contributed by atoms with Crippen LogP contribution in [0.3, 0.4) is 0 Å². The molecule has 1 rings (SSSR count). The summed E-state index contributed by atoms with van der Waals surface area (Å²) in [5.41, 5.74) is -0.628. The zero-order valence-corrected chi connectivity index (χ0v) is 20.3. The Morgan fingerprint density at radius 3 is 2.24 bits per heavy atom. The first-order chi connectivity index (χ1) is 15.2. The van der Waals surface area contributed by atoms with Crippen LogP contribution in [-0.4, -0.2) is 71.6 Å². The standard InChI is InChI=1S/C22H38N4O7/c1-12(2)9-16(19(29)24-15(11-27)10-14-7-8-23-18(14)28)25-20(30)17(26-21(31)32)13(3)33-22(4,5)6/h11-17,26H,7-10H2,1-6H3,(H,23,28)(H,24,29)(H,25,30)(H,31,32)/t13?,14-,15?,16?,17?/m0/s1. The van der Waals surface area contributed by atoms with Gasteiger partial charge in [-0.15, -0.1) is 0 Å². The zero-order valence-electron chi connectivity index (χ0n) is 20.3. The summed E-state index contributed by atoms with van der Waals surface area (Å²) in [6, 6.07) is -3.14. The van der Waals surface area contributed by atoms with E-state index in [0.717, 1.165) is 0 Å². The highest BCUT2D eigenvalue weighted by atomic mass is 16.5. The molecule has 11 heteroatoms. The fraction of sp³-hybridized carbons (Fsp3) is 0.773. The van der Waals surface area contributed by atoms with Gasteiger partial charge in [-0.25, -0.2) is 4.79 Å². The molecule has 188 valence electrons. The second kappa shape index (κ2) is 12.5. The van der Waals surface area contributed by atoms with Crippen molar-refractivity contribution in [3.63, 3.8) is 0 Å². The highest BCUT2D eigenvalue weighted by Crippen LogP contribution is 2.17. The quantitative estimate of drug-likeness (QED) is 0.260. The number of nitrogens with one attached hydrogen (secondary N) is 4. The summed E-state index contributed by atoms with van der Waals surface area (Å²) >= 11 is 0. The largest absolute Gasteiger partial charge is 0.465 e. The maximum atomic E-state index is 13.0. The lowest BCUT2D eigenvalue weighted by Gasteiger charge is -2.31. The van der Waals surface area contributed by atoms with E-state index >= 15 is 0 Å². The van der Waals surface area contributed by atoms with Gasteiger partial charge in [0.05, 0.1) is 17.7 Å². The first-order valence-corrected chi connectivity index (χ1v) is 11.2. The van der Waals surface area contributed by atoms with Gasteiger partial charge < -0.3 is 35.9 Å². The lowest BCUT2D eigenvalue weighted by Crippen LogP contribution is -2.59. The van der Waals surface area contributed by atoms with Crippen LogP contribution in [0, 0.1) is 11.8 Å². The Morgan fingerprint density at radius 1 is 1.15 bits per heavy atom. The van der Waals surface area contributed by atoms with Crippen LogP contribution >= 0.6 is 0 Å². The molecule has 0 radical (unpaired) electrons. The Bertz CT molecular complexity index is 720. The van der Waals surface area contributed by atoms with Crippen LogP contribution in [0.15, 0.2) is 0 Å². The molecule has 5 atom stereocenters. The molecule has 1 saturated heterocycles.